The van der Waals surface area contributed by atoms with Crippen LogP contribution in [-0.2, 0) is 23.9 Å². The van der Waals surface area contributed by atoms with Crippen LogP contribution in [0.2, 0.25) is 0 Å². The van der Waals surface area contributed by atoms with E-state index in [4.69, 9.17) is 9.84 Å². The van der Waals surface area contributed by atoms with Gasteiger partial charge in [-0.2, -0.15) is 0 Å². The average Bonchev–Trinajstić information content (AvgIpc) is 2.23. The maximum absolute atomic E-state index is 10.9. The van der Waals surface area contributed by atoms with Crippen LogP contribution in [0.3, 0.4) is 0 Å². The molecular formula is C10H12O6. The highest BCUT2D eigenvalue weighted by atomic mass is 16.6. The van der Waals surface area contributed by atoms with Gasteiger partial charge < -0.3 is 14.6 Å². The summed E-state index contributed by atoms with van der Waals surface area (Å²) < 4.78 is 9.30. The molecule has 0 radical (unpaired) electrons. The van der Waals surface area contributed by atoms with Gasteiger partial charge in [-0.1, -0.05) is 6.58 Å². The predicted octanol–water partition coefficient (Wildman–Crippen LogP) is 0.288. The number of esters is 2. The first-order valence-corrected chi connectivity index (χ1v) is 4.36. The molecule has 0 heterocycles. The van der Waals surface area contributed by atoms with E-state index in [1.165, 1.54) is 6.92 Å². The maximum atomic E-state index is 10.9. The zero-order valence-corrected chi connectivity index (χ0v) is 8.71. The lowest BCUT2D eigenvalue weighted by Crippen LogP contribution is -2.20. The highest BCUT2D eigenvalue weighted by molar-refractivity contribution is 5.90. The zero-order valence-electron chi connectivity index (χ0n) is 8.71. The molecule has 0 aromatic rings. The van der Waals surface area contributed by atoms with E-state index in [1.54, 1.807) is 0 Å². The van der Waals surface area contributed by atoms with Gasteiger partial charge in [0, 0.05) is 18.2 Å². The first-order chi connectivity index (χ1) is 7.45. The Hall–Kier alpha value is -2.11. The van der Waals surface area contributed by atoms with E-state index in [0.29, 0.717) is 6.08 Å². The van der Waals surface area contributed by atoms with Gasteiger partial charge in [0.2, 0.25) is 0 Å². The van der Waals surface area contributed by atoms with Crippen molar-refractivity contribution in [1.29, 1.82) is 0 Å². The van der Waals surface area contributed by atoms with Crippen molar-refractivity contribution in [1.82, 2.24) is 0 Å². The number of hydrogen-bond acceptors (Lipinski definition) is 5. The highest BCUT2D eigenvalue weighted by Crippen LogP contribution is 1.94. The lowest BCUT2D eigenvalue weighted by molar-refractivity contribution is -0.151. The Kier molecular flexibility index (Phi) is 6.27. The third-order valence-electron chi connectivity index (χ3n) is 1.31. The SMILES string of the molecule is C=CC(=O)OC(C)COC(=O)/C=C/C(=O)O. The van der Waals surface area contributed by atoms with Crippen LogP contribution < -0.4 is 0 Å². The molecule has 1 N–H and O–H groups in total. The van der Waals surface area contributed by atoms with Crippen LogP contribution in [0.4, 0.5) is 0 Å². The van der Waals surface area contributed by atoms with E-state index in [1.807, 2.05) is 0 Å². The van der Waals surface area contributed by atoms with Crippen molar-refractivity contribution in [3.63, 3.8) is 0 Å². The molecule has 0 saturated heterocycles. The van der Waals surface area contributed by atoms with E-state index >= 15 is 0 Å². The standard InChI is InChI=1S/C10H12O6/c1-3-9(13)16-7(2)6-15-10(14)5-4-8(11)12/h3-5,7H,1,6H2,2H3,(H,11,12)/b5-4+. The second kappa shape index (κ2) is 7.22. The van der Waals surface area contributed by atoms with Crippen molar-refractivity contribution in [3.05, 3.63) is 24.8 Å². The van der Waals surface area contributed by atoms with Gasteiger partial charge in [-0.05, 0) is 6.92 Å². The fourth-order valence-corrected chi connectivity index (χ4v) is 0.667. The van der Waals surface area contributed by atoms with Gasteiger partial charge in [-0.3, -0.25) is 0 Å². The van der Waals surface area contributed by atoms with Crippen molar-refractivity contribution in [3.8, 4) is 0 Å². The second-order valence-electron chi connectivity index (χ2n) is 2.75. The van der Waals surface area contributed by atoms with Gasteiger partial charge in [-0.25, -0.2) is 14.4 Å². The Morgan fingerprint density at radius 2 is 1.94 bits per heavy atom. The van der Waals surface area contributed by atoms with Gasteiger partial charge in [0.15, 0.2) is 0 Å². The van der Waals surface area contributed by atoms with Crippen molar-refractivity contribution in [2.24, 2.45) is 0 Å². The number of carbonyl (C=O) groups excluding carboxylic acids is 2. The number of aliphatic carboxylic acids is 1. The van der Waals surface area contributed by atoms with Crippen LogP contribution in [0, 0.1) is 0 Å². The summed E-state index contributed by atoms with van der Waals surface area (Å²) in [5.74, 6) is -2.68. The lowest BCUT2D eigenvalue weighted by Gasteiger charge is -2.10. The molecule has 88 valence electrons. The lowest BCUT2D eigenvalue weighted by atomic mass is 10.4. The molecule has 0 aliphatic carbocycles. The summed E-state index contributed by atoms with van der Waals surface area (Å²) in [4.78, 5) is 31.6. The molecule has 0 bridgehead atoms. The smallest absolute Gasteiger partial charge is 0.331 e. The molecule has 0 aliphatic rings. The van der Waals surface area contributed by atoms with E-state index in [2.05, 4.69) is 11.3 Å². The van der Waals surface area contributed by atoms with Gasteiger partial charge in [0.1, 0.15) is 12.7 Å². The van der Waals surface area contributed by atoms with E-state index in [-0.39, 0.29) is 6.61 Å². The quantitative estimate of drug-likeness (QED) is 0.519. The molecule has 0 aromatic heterocycles. The second-order valence-corrected chi connectivity index (χ2v) is 2.75. The fourth-order valence-electron chi connectivity index (χ4n) is 0.667. The summed E-state index contributed by atoms with van der Waals surface area (Å²) in [6.07, 6.45) is 1.79. The molecule has 0 rings (SSSR count). The van der Waals surface area contributed by atoms with Crippen LogP contribution in [0.5, 0.6) is 0 Å². The third kappa shape index (κ3) is 7.31. The Morgan fingerprint density at radius 3 is 2.44 bits per heavy atom. The molecule has 6 nitrogen and oxygen atoms in total. The molecule has 0 aliphatic heterocycles. The molecule has 0 aromatic carbocycles. The summed E-state index contributed by atoms with van der Waals surface area (Å²) in [6, 6.07) is 0. The van der Waals surface area contributed by atoms with Crippen molar-refractivity contribution in [2.45, 2.75) is 13.0 Å². The highest BCUT2D eigenvalue weighted by Gasteiger charge is 2.08. The Morgan fingerprint density at radius 1 is 1.31 bits per heavy atom. The number of carboxylic acids is 1. The van der Waals surface area contributed by atoms with E-state index < -0.39 is 24.0 Å². The van der Waals surface area contributed by atoms with E-state index in [9.17, 15) is 14.4 Å². The average molecular weight is 228 g/mol. The monoisotopic (exact) mass is 228 g/mol. The van der Waals surface area contributed by atoms with Crippen LogP contribution in [0.25, 0.3) is 0 Å². The van der Waals surface area contributed by atoms with Crippen molar-refractivity contribution >= 4 is 17.9 Å². The largest absolute Gasteiger partial charge is 0.478 e. The summed E-state index contributed by atoms with van der Waals surface area (Å²) in [7, 11) is 0. The molecule has 0 amide bonds. The van der Waals surface area contributed by atoms with Gasteiger partial charge in [0.25, 0.3) is 0 Å². The minimum absolute atomic E-state index is 0.150. The molecule has 0 saturated carbocycles. The molecule has 16 heavy (non-hydrogen) atoms. The number of rotatable bonds is 6. The molecule has 0 spiro atoms. The summed E-state index contributed by atoms with van der Waals surface area (Å²) in [5.41, 5.74) is 0. The molecule has 1 atom stereocenters. The number of carbonyl (C=O) groups is 3. The first-order valence-electron chi connectivity index (χ1n) is 4.36. The van der Waals surface area contributed by atoms with Gasteiger partial charge in [-0.15, -0.1) is 0 Å². The Bertz CT molecular complexity index is 317. The normalized spacial score (nSPS) is 11.8. The van der Waals surface area contributed by atoms with Crippen molar-refractivity contribution < 1.29 is 29.0 Å². The van der Waals surface area contributed by atoms with Gasteiger partial charge >= 0.3 is 17.9 Å². The maximum Gasteiger partial charge on any atom is 0.331 e. The topological polar surface area (TPSA) is 89.9 Å². The molecule has 6 heteroatoms. The molecular weight excluding hydrogens is 216 g/mol. The van der Waals surface area contributed by atoms with E-state index in [0.717, 1.165) is 12.2 Å². The minimum Gasteiger partial charge on any atom is -0.478 e. The molecule has 1 unspecified atom stereocenters. The number of hydrogen-bond donors (Lipinski definition) is 1. The number of carboxylic acid groups (broad SMARTS) is 1. The minimum atomic E-state index is -1.25. The molecule has 0 fully saturated rings. The fraction of sp³-hybridized carbons (Fsp3) is 0.300. The summed E-state index contributed by atoms with van der Waals surface area (Å²) in [6.45, 7) is 4.57. The summed E-state index contributed by atoms with van der Waals surface area (Å²) in [5, 5.41) is 8.22. The third-order valence-corrected chi connectivity index (χ3v) is 1.31. The van der Waals surface area contributed by atoms with Crippen LogP contribution in [0.1, 0.15) is 6.92 Å². The zero-order chi connectivity index (χ0) is 12.6. The van der Waals surface area contributed by atoms with Gasteiger partial charge in [0.05, 0.1) is 0 Å². The van der Waals surface area contributed by atoms with Crippen molar-refractivity contribution in [2.75, 3.05) is 6.61 Å². The Balaban J connectivity index is 3.87. The van der Waals surface area contributed by atoms with Crippen LogP contribution >= 0.6 is 0 Å². The van der Waals surface area contributed by atoms with Crippen LogP contribution in [0.15, 0.2) is 24.8 Å². The van der Waals surface area contributed by atoms with Crippen LogP contribution in [-0.4, -0.2) is 35.7 Å². The Labute approximate surface area is 92.2 Å². The number of ether oxygens (including phenoxy) is 2. The first kappa shape index (κ1) is 13.9. The predicted molar refractivity (Wildman–Crippen MR) is 53.5 cm³/mol. The summed E-state index contributed by atoms with van der Waals surface area (Å²) >= 11 is 0.